The van der Waals surface area contributed by atoms with Gasteiger partial charge in [-0.2, -0.15) is 26.3 Å². The molecule has 1 aromatic rings. The standard InChI is InChI=1S/C10H6F6N2/c11-8(6-9(12,13)10(14,15)16)18-17-7-4-2-1-3-5-7/h1-6H/b8-6-,18-17?. The lowest BCUT2D eigenvalue weighted by Crippen LogP contribution is -2.34. The highest BCUT2D eigenvalue weighted by Crippen LogP contribution is 2.37. The summed E-state index contributed by atoms with van der Waals surface area (Å²) in [5, 5.41) is 5.79. The molecule has 0 aliphatic heterocycles. The minimum atomic E-state index is -5.87. The van der Waals surface area contributed by atoms with Crippen LogP contribution in [0.3, 0.4) is 0 Å². The third-order valence-electron chi connectivity index (χ3n) is 1.70. The van der Waals surface area contributed by atoms with Gasteiger partial charge in [0.1, 0.15) is 0 Å². The Balaban J connectivity index is 2.83. The van der Waals surface area contributed by atoms with E-state index in [0.29, 0.717) is 0 Å². The Bertz CT molecular complexity index is 449. The van der Waals surface area contributed by atoms with Gasteiger partial charge in [-0.25, -0.2) is 0 Å². The third kappa shape index (κ3) is 3.86. The van der Waals surface area contributed by atoms with Gasteiger partial charge < -0.3 is 0 Å². The van der Waals surface area contributed by atoms with Crippen LogP contribution in [0.2, 0.25) is 0 Å². The van der Waals surface area contributed by atoms with Crippen molar-refractivity contribution in [1.82, 2.24) is 0 Å². The molecule has 0 saturated heterocycles. The van der Waals surface area contributed by atoms with E-state index >= 15 is 0 Å². The van der Waals surface area contributed by atoms with Crippen molar-refractivity contribution in [1.29, 1.82) is 0 Å². The Morgan fingerprint density at radius 3 is 2.06 bits per heavy atom. The van der Waals surface area contributed by atoms with Crippen LogP contribution in [0.4, 0.5) is 32.0 Å². The summed E-state index contributed by atoms with van der Waals surface area (Å²) < 4.78 is 72.6. The second kappa shape index (κ2) is 5.19. The second-order valence-electron chi connectivity index (χ2n) is 3.12. The zero-order chi connectivity index (χ0) is 13.8. The maximum absolute atomic E-state index is 12.7. The van der Waals surface area contributed by atoms with Gasteiger partial charge in [-0.3, -0.25) is 0 Å². The maximum Gasteiger partial charge on any atom is 0.457 e. The quantitative estimate of drug-likeness (QED) is 0.428. The molecule has 0 aromatic heterocycles. The topological polar surface area (TPSA) is 24.7 Å². The monoisotopic (exact) mass is 268 g/mol. The summed E-state index contributed by atoms with van der Waals surface area (Å²) in [5.74, 6) is -7.30. The third-order valence-corrected chi connectivity index (χ3v) is 1.70. The normalized spacial score (nSPS) is 14.2. The van der Waals surface area contributed by atoms with Crippen molar-refractivity contribution >= 4 is 5.69 Å². The molecule has 0 N–H and O–H groups in total. The van der Waals surface area contributed by atoms with Crippen molar-refractivity contribution in [3.63, 3.8) is 0 Å². The molecule has 0 amide bonds. The summed E-state index contributed by atoms with van der Waals surface area (Å²) >= 11 is 0. The number of allylic oxidation sites excluding steroid dienone is 1. The van der Waals surface area contributed by atoms with Gasteiger partial charge in [-0.15, -0.1) is 10.2 Å². The van der Waals surface area contributed by atoms with Crippen LogP contribution in [0, 0.1) is 0 Å². The van der Waals surface area contributed by atoms with Crippen LogP contribution in [-0.2, 0) is 0 Å². The first-order valence-corrected chi connectivity index (χ1v) is 4.52. The van der Waals surface area contributed by atoms with Gasteiger partial charge in [-0.05, 0) is 12.1 Å². The fourth-order valence-electron chi connectivity index (χ4n) is 0.860. The van der Waals surface area contributed by atoms with E-state index in [-0.39, 0.29) is 5.69 Å². The van der Waals surface area contributed by atoms with Crippen molar-refractivity contribution < 1.29 is 26.3 Å². The van der Waals surface area contributed by atoms with Crippen molar-refractivity contribution in [3.8, 4) is 0 Å². The zero-order valence-electron chi connectivity index (χ0n) is 8.63. The molecule has 0 aliphatic rings. The molecule has 1 aromatic carbocycles. The molecule has 0 unspecified atom stereocenters. The van der Waals surface area contributed by atoms with Crippen LogP contribution < -0.4 is 0 Å². The van der Waals surface area contributed by atoms with Crippen LogP contribution in [0.1, 0.15) is 0 Å². The van der Waals surface area contributed by atoms with Crippen LogP contribution in [-0.4, -0.2) is 12.1 Å². The fourth-order valence-corrected chi connectivity index (χ4v) is 0.860. The number of hydrogen-bond acceptors (Lipinski definition) is 2. The number of rotatable bonds is 3. The van der Waals surface area contributed by atoms with Crippen LogP contribution in [0.15, 0.2) is 52.6 Å². The van der Waals surface area contributed by atoms with Crippen molar-refractivity contribution in [2.24, 2.45) is 10.2 Å². The van der Waals surface area contributed by atoms with Gasteiger partial charge in [0, 0.05) is 0 Å². The molecule has 0 saturated carbocycles. The number of alkyl halides is 5. The Labute approximate surface area is 97.6 Å². The van der Waals surface area contributed by atoms with Crippen LogP contribution in [0.25, 0.3) is 0 Å². The highest BCUT2D eigenvalue weighted by molar-refractivity contribution is 5.34. The van der Waals surface area contributed by atoms with Crippen LogP contribution in [0.5, 0.6) is 0 Å². The Hall–Kier alpha value is -1.86. The van der Waals surface area contributed by atoms with E-state index in [2.05, 4.69) is 10.2 Å². The Morgan fingerprint density at radius 2 is 1.56 bits per heavy atom. The average Bonchev–Trinajstić information content (AvgIpc) is 2.26. The molecule has 0 atom stereocenters. The molecule has 1 rings (SSSR count). The summed E-state index contributed by atoms with van der Waals surface area (Å²) in [4.78, 5) is 0. The van der Waals surface area contributed by atoms with E-state index in [1.54, 1.807) is 6.07 Å². The number of azo groups is 1. The SMILES string of the molecule is F/C(=C/C(F)(F)C(F)(F)F)N=Nc1ccccc1. The first-order valence-electron chi connectivity index (χ1n) is 4.52. The number of benzene rings is 1. The summed E-state index contributed by atoms with van der Waals surface area (Å²) in [6, 6.07) is 7.39. The number of halogens is 6. The van der Waals surface area contributed by atoms with E-state index in [9.17, 15) is 26.3 Å². The number of hydrogen-bond donors (Lipinski definition) is 0. The van der Waals surface area contributed by atoms with E-state index < -0.39 is 24.1 Å². The Morgan fingerprint density at radius 1 is 1.00 bits per heavy atom. The lowest BCUT2D eigenvalue weighted by atomic mass is 10.3. The highest BCUT2D eigenvalue weighted by atomic mass is 19.4. The zero-order valence-corrected chi connectivity index (χ0v) is 8.63. The van der Waals surface area contributed by atoms with Crippen molar-refractivity contribution in [3.05, 3.63) is 42.4 Å². The largest absolute Gasteiger partial charge is 0.457 e. The number of nitrogens with zero attached hydrogens (tertiary/aromatic N) is 2. The van der Waals surface area contributed by atoms with Gasteiger partial charge in [0.25, 0.3) is 0 Å². The fraction of sp³-hybridized carbons (Fsp3) is 0.200. The lowest BCUT2D eigenvalue weighted by Gasteiger charge is -2.14. The van der Waals surface area contributed by atoms with Gasteiger partial charge >= 0.3 is 12.1 Å². The minimum absolute atomic E-state index is 0.122. The molecule has 0 heterocycles. The summed E-state index contributed by atoms with van der Waals surface area (Å²) in [7, 11) is 0. The second-order valence-corrected chi connectivity index (χ2v) is 3.12. The molecular weight excluding hydrogens is 262 g/mol. The average molecular weight is 268 g/mol. The molecule has 0 bridgehead atoms. The molecule has 0 spiro atoms. The summed E-state index contributed by atoms with van der Waals surface area (Å²) in [6.07, 6.45) is -6.80. The lowest BCUT2D eigenvalue weighted by molar-refractivity contribution is -0.259. The predicted molar refractivity (Wildman–Crippen MR) is 51.2 cm³/mol. The van der Waals surface area contributed by atoms with Gasteiger partial charge in [0.2, 0.25) is 5.95 Å². The van der Waals surface area contributed by atoms with E-state index in [0.717, 1.165) is 0 Å². The maximum atomic E-state index is 12.7. The first kappa shape index (κ1) is 14.2. The predicted octanol–water partition coefficient (Wildman–Crippen LogP) is 4.78. The minimum Gasteiger partial charge on any atom is -0.191 e. The van der Waals surface area contributed by atoms with E-state index in [4.69, 9.17) is 0 Å². The molecule has 8 heteroatoms. The summed E-state index contributed by atoms with van der Waals surface area (Å²) in [6.45, 7) is 0. The van der Waals surface area contributed by atoms with Gasteiger partial charge in [-0.1, -0.05) is 18.2 Å². The molecular formula is C10H6F6N2. The highest BCUT2D eigenvalue weighted by Gasteiger charge is 2.56. The molecule has 98 valence electrons. The van der Waals surface area contributed by atoms with E-state index in [1.807, 2.05) is 0 Å². The van der Waals surface area contributed by atoms with Crippen molar-refractivity contribution in [2.75, 3.05) is 0 Å². The molecule has 0 aliphatic carbocycles. The molecule has 0 radical (unpaired) electrons. The van der Waals surface area contributed by atoms with E-state index in [1.165, 1.54) is 24.3 Å². The smallest absolute Gasteiger partial charge is 0.191 e. The molecule has 18 heavy (non-hydrogen) atoms. The molecule has 0 fully saturated rings. The first-order chi connectivity index (χ1) is 8.22. The van der Waals surface area contributed by atoms with Gasteiger partial charge in [0.15, 0.2) is 0 Å². The van der Waals surface area contributed by atoms with Crippen LogP contribution >= 0.6 is 0 Å². The Kier molecular flexibility index (Phi) is 4.10. The van der Waals surface area contributed by atoms with Crippen molar-refractivity contribution in [2.45, 2.75) is 12.1 Å². The van der Waals surface area contributed by atoms with Gasteiger partial charge in [0.05, 0.1) is 11.8 Å². The molecule has 2 nitrogen and oxygen atoms in total. The summed E-state index contributed by atoms with van der Waals surface area (Å²) in [5.41, 5.74) is 0.122.